The molecule has 0 amide bonds. The van der Waals surface area contributed by atoms with Gasteiger partial charge in [-0.25, -0.2) is 5.43 Å². The summed E-state index contributed by atoms with van der Waals surface area (Å²) < 4.78 is 1.20. The summed E-state index contributed by atoms with van der Waals surface area (Å²) in [4.78, 5) is 4.34. The third-order valence-electron chi connectivity index (χ3n) is 3.31. The largest absolute Gasteiger partial charge is 0.271 e. The molecule has 0 fully saturated rings. The molecular weight excluding hydrogens is 361 g/mol. The predicted molar refractivity (Wildman–Crippen MR) is 90.1 cm³/mol. The van der Waals surface area contributed by atoms with E-state index in [1.54, 1.807) is 6.20 Å². The smallest absolute Gasteiger partial charge is 0.0710 e. The van der Waals surface area contributed by atoms with E-state index in [1.807, 2.05) is 18.2 Å². The zero-order valence-corrected chi connectivity index (χ0v) is 12.9. The lowest BCUT2D eigenvalue weighted by atomic mass is 9.98. The Kier molecular flexibility index (Phi) is 3.95. The van der Waals surface area contributed by atoms with Crippen LogP contribution in [0.5, 0.6) is 0 Å². The Morgan fingerprint density at radius 2 is 1.85 bits per heavy atom. The molecule has 0 radical (unpaired) electrons. The highest BCUT2D eigenvalue weighted by Gasteiger charge is 2.13. The minimum absolute atomic E-state index is 0.0191. The van der Waals surface area contributed by atoms with Crippen molar-refractivity contribution in [2.24, 2.45) is 5.84 Å². The first-order valence-corrected chi connectivity index (χ1v) is 7.42. The maximum atomic E-state index is 5.76. The normalized spacial score (nSPS) is 12.5. The van der Waals surface area contributed by atoms with Crippen LogP contribution in [0.15, 0.2) is 60.8 Å². The molecule has 3 nitrogen and oxygen atoms in total. The number of nitrogens with two attached hydrogens (primary N) is 1. The van der Waals surface area contributed by atoms with Crippen molar-refractivity contribution >= 4 is 33.5 Å². The molecule has 1 atom stereocenters. The lowest BCUT2D eigenvalue weighted by Gasteiger charge is -2.17. The molecule has 0 spiro atoms. The van der Waals surface area contributed by atoms with Crippen LogP contribution in [0.25, 0.3) is 10.9 Å². The minimum atomic E-state index is -0.0191. The highest BCUT2D eigenvalue weighted by molar-refractivity contribution is 14.1. The SMILES string of the molecule is NNC(c1cccc(I)c1)c1ccc2ncccc2c1. The summed E-state index contributed by atoms with van der Waals surface area (Å²) in [7, 11) is 0. The first-order valence-electron chi connectivity index (χ1n) is 6.34. The summed E-state index contributed by atoms with van der Waals surface area (Å²) in [5.41, 5.74) is 6.19. The molecule has 2 aromatic carbocycles. The van der Waals surface area contributed by atoms with E-state index < -0.39 is 0 Å². The van der Waals surface area contributed by atoms with Gasteiger partial charge in [0.15, 0.2) is 0 Å². The summed E-state index contributed by atoms with van der Waals surface area (Å²) in [6.07, 6.45) is 1.81. The molecule has 4 heteroatoms. The maximum absolute atomic E-state index is 5.76. The van der Waals surface area contributed by atoms with Gasteiger partial charge < -0.3 is 0 Å². The van der Waals surface area contributed by atoms with Crippen molar-refractivity contribution < 1.29 is 0 Å². The first-order chi connectivity index (χ1) is 9.78. The van der Waals surface area contributed by atoms with Crippen molar-refractivity contribution in [1.82, 2.24) is 10.4 Å². The molecule has 1 unspecified atom stereocenters. The lowest BCUT2D eigenvalue weighted by Crippen LogP contribution is -2.28. The lowest BCUT2D eigenvalue weighted by molar-refractivity contribution is 0.637. The van der Waals surface area contributed by atoms with Crippen molar-refractivity contribution in [3.05, 3.63) is 75.5 Å². The van der Waals surface area contributed by atoms with Crippen LogP contribution in [0.1, 0.15) is 17.2 Å². The highest BCUT2D eigenvalue weighted by Crippen LogP contribution is 2.25. The number of benzene rings is 2. The van der Waals surface area contributed by atoms with Gasteiger partial charge in [0.1, 0.15) is 0 Å². The second kappa shape index (κ2) is 5.87. The molecular formula is C16H14IN3. The van der Waals surface area contributed by atoms with Crippen LogP contribution in [-0.2, 0) is 0 Å². The second-order valence-electron chi connectivity index (χ2n) is 4.61. The number of hydrazine groups is 1. The van der Waals surface area contributed by atoms with Gasteiger partial charge in [0, 0.05) is 15.2 Å². The molecule has 100 valence electrons. The van der Waals surface area contributed by atoms with Crippen LogP contribution < -0.4 is 11.3 Å². The Hall–Kier alpha value is -1.50. The molecule has 0 aliphatic carbocycles. The van der Waals surface area contributed by atoms with Gasteiger partial charge >= 0.3 is 0 Å². The standard InChI is InChI=1S/C16H14IN3/c17-14-5-1-3-12(10-14)16(20-18)13-6-7-15-11(9-13)4-2-8-19-15/h1-10,16,20H,18H2. The Bertz CT molecular complexity index is 742. The molecule has 3 N–H and O–H groups in total. The number of halogens is 1. The van der Waals surface area contributed by atoms with Crippen LogP contribution >= 0.6 is 22.6 Å². The van der Waals surface area contributed by atoms with Crippen molar-refractivity contribution in [2.75, 3.05) is 0 Å². The summed E-state index contributed by atoms with van der Waals surface area (Å²) >= 11 is 2.31. The molecule has 0 bridgehead atoms. The van der Waals surface area contributed by atoms with Crippen LogP contribution in [0.2, 0.25) is 0 Å². The second-order valence-corrected chi connectivity index (χ2v) is 5.86. The fraction of sp³-hybridized carbons (Fsp3) is 0.0625. The van der Waals surface area contributed by atoms with E-state index in [0.29, 0.717) is 0 Å². The quantitative estimate of drug-likeness (QED) is 0.419. The average Bonchev–Trinajstić information content (AvgIpc) is 2.48. The fourth-order valence-corrected chi connectivity index (χ4v) is 2.91. The van der Waals surface area contributed by atoms with Gasteiger partial charge in [0.05, 0.1) is 11.6 Å². The van der Waals surface area contributed by atoms with Gasteiger partial charge in [0.25, 0.3) is 0 Å². The van der Waals surface area contributed by atoms with E-state index in [-0.39, 0.29) is 6.04 Å². The topological polar surface area (TPSA) is 50.9 Å². The number of fused-ring (bicyclic) bond motifs is 1. The van der Waals surface area contributed by atoms with E-state index in [2.05, 4.69) is 69.4 Å². The third-order valence-corrected chi connectivity index (χ3v) is 3.98. The zero-order valence-electron chi connectivity index (χ0n) is 10.8. The number of rotatable bonds is 3. The number of pyridine rings is 1. The Labute approximate surface area is 131 Å². The Morgan fingerprint density at radius 3 is 2.65 bits per heavy atom. The van der Waals surface area contributed by atoms with E-state index >= 15 is 0 Å². The van der Waals surface area contributed by atoms with Gasteiger partial charge in [-0.2, -0.15) is 0 Å². The minimum Gasteiger partial charge on any atom is -0.271 e. The first kappa shape index (κ1) is 13.5. The molecule has 0 aliphatic rings. The van der Waals surface area contributed by atoms with Gasteiger partial charge in [-0.15, -0.1) is 0 Å². The van der Waals surface area contributed by atoms with Crippen LogP contribution in [0.4, 0.5) is 0 Å². The van der Waals surface area contributed by atoms with Crippen LogP contribution in [0.3, 0.4) is 0 Å². The summed E-state index contributed by atoms with van der Waals surface area (Å²) in [6.45, 7) is 0. The fourth-order valence-electron chi connectivity index (χ4n) is 2.34. The van der Waals surface area contributed by atoms with E-state index in [1.165, 1.54) is 3.57 Å². The monoisotopic (exact) mass is 375 g/mol. The van der Waals surface area contributed by atoms with Crippen molar-refractivity contribution in [3.63, 3.8) is 0 Å². The van der Waals surface area contributed by atoms with Gasteiger partial charge in [-0.1, -0.05) is 24.3 Å². The Morgan fingerprint density at radius 1 is 1.00 bits per heavy atom. The zero-order chi connectivity index (χ0) is 13.9. The van der Waals surface area contributed by atoms with E-state index in [9.17, 15) is 0 Å². The molecule has 3 aromatic rings. The number of nitrogens with one attached hydrogen (secondary N) is 1. The van der Waals surface area contributed by atoms with Gasteiger partial charge in [-0.05, 0) is 64.0 Å². The molecule has 3 rings (SSSR count). The number of hydrogen-bond acceptors (Lipinski definition) is 3. The number of aromatic nitrogens is 1. The predicted octanol–water partition coefficient (Wildman–Crippen LogP) is 3.39. The highest BCUT2D eigenvalue weighted by atomic mass is 127. The average molecular weight is 375 g/mol. The maximum Gasteiger partial charge on any atom is 0.0710 e. The summed E-state index contributed by atoms with van der Waals surface area (Å²) in [5.74, 6) is 5.76. The molecule has 0 saturated carbocycles. The van der Waals surface area contributed by atoms with Crippen molar-refractivity contribution in [2.45, 2.75) is 6.04 Å². The molecule has 20 heavy (non-hydrogen) atoms. The van der Waals surface area contributed by atoms with Gasteiger partial charge in [0.2, 0.25) is 0 Å². The van der Waals surface area contributed by atoms with Crippen LogP contribution in [-0.4, -0.2) is 4.98 Å². The Balaban J connectivity index is 2.07. The van der Waals surface area contributed by atoms with Crippen molar-refractivity contribution in [3.8, 4) is 0 Å². The van der Waals surface area contributed by atoms with Crippen LogP contribution in [0, 0.1) is 3.57 Å². The number of nitrogens with zero attached hydrogens (tertiary/aromatic N) is 1. The summed E-state index contributed by atoms with van der Waals surface area (Å²) in [5, 5.41) is 1.12. The summed E-state index contributed by atoms with van der Waals surface area (Å²) in [6, 6.07) is 18.6. The van der Waals surface area contributed by atoms with Gasteiger partial charge in [-0.3, -0.25) is 10.8 Å². The third kappa shape index (κ3) is 2.67. The number of hydrogen-bond donors (Lipinski definition) is 2. The van der Waals surface area contributed by atoms with E-state index in [0.717, 1.165) is 22.0 Å². The van der Waals surface area contributed by atoms with E-state index in [4.69, 9.17) is 5.84 Å². The molecule has 0 saturated heterocycles. The molecule has 0 aliphatic heterocycles. The van der Waals surface area contributed by atoms with Crippen molar-refractivity contribution in [1.29, 1.82) is 0 Å². The molecule has 1 heterocycles. The molecule has 1 aromatic heterocycles.